The zero-order chi connectivity index (χ0) is 19.4. The summed E-state index contributed by atoms with van der Waals surface area (Å²) in [5.74, 6) is -0.665. The van der Waals surface area contributed by atoms with Crippen LogP contribution in [0.15, 0.2) is 29.6 Å². The van der Waals surface area contributed by atoms with Crippen LogP contribution in [0.1, 0.15) is 41.5 Å². The maximum Gasteiger partial charge on any atom is 0.322 e. The third-order valence-corrected chi connectivity index (χ3v) is 4.86. The fourth-order valence-electron chi connectivity index (χ4n) is 2.65. The number of nitrogens with one attached hydrogen (secondary N) is 2. The van der Waals surface area contributed by atoms with E-state index in [-0.39, 0.29) is 17.1 Å². The summed E-state index contributed by atoms with van der Waals surface area (Å²) in [6, 6.07) is 8.18. The lowest BCUT2D eigenvalue weighted by Crippen LogP contribution is -2.14. The summed E-state index contributed by atoms with van der Waals surface area (Å²) in [6.45, 7) is 3.66. The number of aromatic amines is 1. The average molecular weight is 385 g/mol. The summed E-state index contributed by atoms with van der Waals surface area (Å²) >= 11 is 1.26. The smallest absolute Gasteiger partial charge is 0.296 e. The topological polar surface area (TPSA) is 114 Å². The van der Waals surface area contributed by atoms with Crippen molar-refractivity contribution >= 4 is 28.1 Å². The van der Waals surface area contributed by atoms with Gasteiger partial charge in [-0.3, -0.25) is 25.3 Å². The highest BCUT2D eigenvalue weighted by Gasteiger charge is 2.27. The predicted octanol–water partition coefficient (Wildman–Crippen LogP) is 4.34. The molecule has 0 radical (unpaired) electrons. The van der Waals surface area contributed by atoms with Crippen LogP contribution in [0.25, 0.3) is 11.3 Å². The molecule has 9 heteroatoms. The van der Waals surface area contributed by atoms with E-state index in [1.165, 1.54) is 23.8 Å². The molecule has 1 aromatic carbocycles. The van der Waals surface area contributed by atoms with Gasteiger partial charge in [-0.2, -0.15) is 5.10 Å². The highest BCUT2D eigenvalue weighted by atomic mass is 32.1. The van der Waals surface area contributed by atoms with Gasteiger partial charge in [-0.25, -0.2) is 4.98 Å². The number of anilines is 1. The lowest BCUT2D eigenvalue weighted by atomic mass is 10.1. The highest BCUT2D eigenvalue weighted by Crippen LogP contribution is 2.27. The summed E-state index contributed by atoms with van der Waals surface area (Å²) in [4.78, 5) is 27.2. The van der Waals surface area contributed by atoms with Crippen molar-refractivity contribution < 1.29 is 9.72 Å². The molecule has 27 heavy (non-hydrogen) atoms. The molecule has 0 spiro atoms. The molecule has 1 amide bonds. The molecule has 0 aliphatic carbocycles. The summed E-state index contributed by atoms with van der Waals surface area (Å²) in [6.07, 6.45) is 3.37. The first kappa shape index (κ1) is 18.7. The van der Waals surface area contributed by atoms with Gasteiger partial charge in [-0.15, -0.1) is 11.3 Å². The molecule has 0 atom stereocenters. The third-order valence-electron chi connectivity index (χ3n) is 4.11. The summed E-state index contributed by atoms with van der Waals surface area (Å²) in [7, 11) is 0. The first-order chi connectivity index (χ1) is 13.0. The van der Waals surface area contributed by atoms with Gasteiger partial charge in [-0.1, -0.05) is 37.6 Å². The Balaban J connectivity index is 1.73. The number of H-pyrrole nitrogens is 1. The number of nitrogens with zero attached hydrogens (tertiary/aromatic N) is 3. The molecule has 0 aliphatic rings. The number of benzene rings is 1. The quantitative estimate of drug-likeness (QED) is 0.464. The Morgan fingerprint density at radius 1 is 1.33 bits per heavy atom. The Kier molecular flexibility index (Phi) is 5.60. The van der Waals surface area contributed by atoms with Crippen LogP contribution in [-0.4, -0.2) is 26.0 Å². The summed E-state index contributed by atoms with van der Waals surface area (Å²) in [5.41, 5.74) is 2.62. The van der Waals surface area contributed by atoms with Crippen LogP contribution in [0.4, 0.5) is 10.8 Å². The third kappa shape index (κ3) is 4.20. The van der Waals surface area contributed by atoms with Crippen LogP contribution in [0.5, 0.6) is 0 Å². The predicted molar refractivity (Wildman–Crippen MR) is 104 cm³/mol. The van der Waals surface area contributed by atoms with Crippen molar-refractivity contribution in [3.63, 3.8) is 0 Å². The van der Waals surface area contributed by atoms with E-state index in [1.54, 1.807) is 0 Å². The molecule has 0 aliphatic heterocycles. The van der Waals surface area contributed by atoms with E-state index >= 15 is 0 Å². The zero-order valence-corrected chi connectivity index (χ0v) is 15.8. The second kappa shape index (κ2) is 8.09. The molecule has 2 aromatic heterocycles. The first-order valence-electron chi connectivity index (χ1n) is 8.55. The average Bonchev–Trinajstić information content (AvgIpc) is 3.27. The normalized spacial score (nSPS) is 10.7. The van der Waals surface area contributed by atoms with Gasteiger partial charge in [0.2, 0.25) is 5.69 Å². The number of unbranched alkanes of at least 4 members (excludes halogenated alkanes) is 1. The second-order valence-electron chi connectivity index (χ2n) is 6.10. The van der Waals surface area contributed by atoms with Crippen LogP contribution in [0.3, 0.4) is 0 Å². The number of aryl methyl sites for hydroxylation is 2. The standard InChI is InChI=1S/C18H19N5O3S/c1-3-4-5-12-6-8-13(9-7-12)14-10-27-18(19-14)20-17(24)15-16(23(25)26)11(2)21-22-15/h6-10H,3-5H2,1-2H3,(H,21,22)(H,19,20,24). The van der Waals surface area contributed by atoms with Crippen molar-refractivity contribution in [2.75, 3.05) is 5.32 Å². The van der Waals surface area contributed by atoms with Crippen molar-refractivity contribution in [1.29, 1.82) is 0 Å². The fraction of sp³-hybridized carbons (Fsp3) is 0.278. The molecule has 140 valence electrons. The molecule has 3 aromatic rings. The van der Waals surface area contributed by atoms with Crippen LogP contribution in [0.2, 0.25) is 0 Å². The summed E-state index contributed by atoms with van der Waals surface area (Å²) in [5, 5.41) is 22.1. The van der Waals surface area contributed by atoms with Gasteiger partial charge in [0.1, 0.15) is 5.69 Å². The van der Waals surface area contributed by atoms with Gasteiger partial charge in [0.25, 0.3) is 5.91 Å². The monoisotopic (exact) mass is 385 g/mol. The largest absolute Gasteiger partial charge is 0.322 e. The molecule has 2 heterocycles. The number of rotatable bonds is 7. The minimum absolute atomic E-state index is 0.230. The number of thiazole rings is 1. The number of nitro groups is 1. The fourth-order valence-corrected chi connectivity index (χ4v) is 3.36. The Bertz CT molecular complexity index is 962. The molecule has 0 saturated carbocycles. The van der Waals surface area contributed by atoms with Gasteiger partial charge in [-0.05, 0) is 25.3 Å². The maximum atomic E-state index is 12.3. The molecule has 0 saturated heterocycles. The molecular formula is C18H19N5O3S. The Labute approximate surface area is 159 Å². The number of carbonyl (C=O) groups is 1. The summed E-state index contributed by atoms with van der Waals surface area (Å²) < 4.78 is 0. The number of amides is 1. The number of carbonyl (C=O) groups excluding carboxylic acids is 1. The lowest BCUT2D eigenvalue weighted by Gasteiger charge is -2.02. The molecule has 0 bridgehead atoms. The molecule has 0 fully saturated rings. The number of hydrogen-bond acceptors (Lipinski definition) is 6. The van der Waals surface area contributed by atoms with E-state index in [1.807, 2.05) is 17.5 Å². The van der Waals surface area contributed by atoms with Gasteiger partial charge >= 0.3 is 5.69 Å². The van der Waals surface area contributed by atoms with Crippen LogP contribution in [0, 0.1) is 17.0 Å². The van der Waals surface area contributed by atoms with Gasteiger partial charge in [0.15, 0.2) is 5.13 Å². The van der Waals surface area contributed by atoms with E-state index in [2.05, 4.69) is 39.6 Å². The van der Waals surface area contributed by atoms with Crippen molar-refractivity contribution in [3.8, 4) is 11.3 Å². The zero-order valence-electron chi connectivity index (χ0n) is 15.0. The van der Waals surface area contributed by atoms with E-state index in [0.29, 0.717) is 5.13 Å². The Morgan fingerprint density at radius 3 is 2.74 bits per heavy atom. The molecule has 0 unspecified atom stereocenters. The Morgan fingerprint density at radius 2 is 2.07 bits per heavy atom. The number of hydrogen-bond donors (Lipinski definition) is 2. The van der Waals surface area contributed by atoms with Crippen molar-refractivity contribution in [1.82, 2.24) is 15.2 Å². The van der Waals surface area contributed by atoms with Gasteiger partial charge in [0.05, 0.1) is 10.6 Å². The van der Waals surface area contributed by atoms with Crippen LogP contribution < -0.4 is 5.32 Å². The molecular weight excluding hydrogens is 366 g/mol. The van der Waals surface area contributed by atoms with E-state index in [0.717, 1.165) is 30.5 Å². The van der Waals surface area contributed by atoms with E-state index < -0.39 is 10.8 Å². The molecule has 8 nitrogen and oxygen atoms in total. The molecule has 3 rings (SSSR count). The van der Waals surface area contributed by atoms with Crippen LogP contribution >= 0.6 is 11.3 Å². The first-order valence-corrected chi connectivity index (χ1v) is 9.43. The van der Waals surface area contributed by atoms with E-state index in [4.69, 9.17) is 0 Å². The highest BCUT2D eigenvalue weighted by molar-refractivity contribution is 7.14. The van der Waals surface area contributed by atoms with E-state index in [9.17, 15) is 14.9 Å². The van der Waals surface area contributed by atoms with Crippen LogP contribution in [-0.2, 0) is 6.42 Å². The molecule has 2 N–H and O–H groups in total. The maximum absolute atomic E-state index is 12.3. The second-order valence-corrected chi connectivity index (χ2v) is 6.95. The van der Waals surface area contributed by atoms with Crippen molar-refractivity contribution in [2.45, 2.75) is 33.1 Å². The number of aromatic nitrogens is 3. The van der Waals surface area contributed by atoms with Gasteiger partial charge in [0, 0.05) is 10.9 Å². The van der Waals surface area contributed by atoms with Crippen molar-refractivity contribution in [3.05, 3.63) is 56.7 Å². The minimum Gasteiger partial charge on any atom is -0.296 e. The lowest BCUT2D eigenvalue weighted by molar-refractivity contribution is -0.385. The Hall–Kier alpha value is -3.07. The van der Waals surface area contributed by atoms with Gasteiger partial charge < -0.3 is 0 Å². The van der Waals surface area contributed by atoms with Crippen molar-refractivity contribution in [2.24, 2.45) is 0 Å². The minimum atomic E-state index is -0.665. The SMILES string of the molecule is CCCCc1ccc(-c2csc(NC(=O)c3n[nH]c(C)c3[N+](=O)[O-])n2)cc1.